The normalized spacial score (nSPS) is 16.9. The van der Waals surface area contributed by atoms with Crippen LogP contribution in [0.5, 0.6) is 5.75 Å². The molecule has 7 heteroatoms. The molecule has 1 aromatic carbocycles. The fourth-order valence-electron chi connectivity index (χ4n) is 2.76. The molecule has 0 aromatic heterocycles. The third kappa shape index (κ3) is 4.48. The van der Waals surface area contributed by atoms with Crippen molar-refractivity contribution in [1.82, 2.24) is 9.21 Å². The van der Waals surface area contributed by atoms with Crippen LogP contribution in [0, 0.1) is 5.92 Å². The Balaban J connectivity index is 2.07. The molecule has 0 aliphatic carbocycles. The number of nitrogens with zero attached hydrogens (tertiary/aromatic N) is 2. The Bertz CT molecular complexity index is 656. The second-order valence-corrected chi connectivity index (χ2v) is 8.35. The summed E-state index contributed by atoms with van der Waals surface area (Å²) in [5.74, 6) is 1.03. The van der Waals surface area contributed by atoms with E-state index in [0.717, 1.165) is 0 Å². The second-order valence-electron chi connectivity index (χ2n) is 6.41. The summed E-state index contributed by atoms with van der Waals surface area (Å²) in [5, 5.41) is 0. The Morgan fingerprint density at radius 2 is 1.79 bits per heavy atom. The minimum atomic E-state index is -3.54. The highest BCUT2D eigenvalue weighted by atomic mass is 32.2. The fourth-order valence-corrected chi connectivity index (χ4v) is 4.23. The van der Waals surface area contributed by atoms with E-state index in [0.29, 0.717) is 50.7 Å². The predicted octanol–water partition coefficient (Wildman–Crippen LogP) is 1.96. The van der Waals surface area contributed by atoms with Crippen LogP contribution in [0.2, 0.25) is 0 Å². The molecule has 1 amide bonds. The standard InChI is InChI=1S/C17H26N2O4S/c1-14(2)13-17(20)18-9-4-10-19(12-11-18)24(21,22)16-7-5-15(23-3)6-8-16/h5-8,14H,4,9-13H2,1-3H3. The summed E-state index contributed by atoms with van der Waals surface area (Å²) in [4.78, 5) is 14.2. The van der Waals surface area contributed by atoms with Crippen molar-refractivity contribution in [3.63, 3.8) is 0 Å². The molecule has 24 heavy (non-hydrogen) atoms. The minimum Gasteiger partial charge on any atom is -0.497 e. The average Bonchev–Trinajstić information content (AvgIpc) is 2.81. The SMILES string of the molecule is COc1ccc(S(=O)(=O)N2CCCN(C(=O)CC(C)C)CC2)cc1. The molecule has 0 saturated carbocycles. The van der Waals surface area contributed by atoms with Crippen molar-refractivity contribution in [2.24, 2.45) is 5.92 Å². The van der Waals surface area contributed by atoms with Crippen molar-refractivity contribution in [1.29, 1.82) is 0 Å². The molecule has 1 heterocycles. The smallest absolute Gasteiger partial charge is 0.243 e. The zero-order valence-electron chi connectivity index (χ0n) is 14.6. The Hall–Kier alpha value is -1.60. The van der Waals surface area contributed by atoms with Crippen molar-refractivity contribution in [3.8, 4) is 5.75 Å². The molecule has 1 aliphatic heterocycles. The van der Waals surface area contributed by atoms with Crippen LogP contribution >= 0.6 is 0 Å². The Morgan fingerprint density at radius 1 is 1.12 bits per heavy atom. The van der Waals surface area contributed by atoms with E-state index in [1.165, 1.54) is 4.31 Å². The highest BCUT2D eigenvalue weighted by Crippen LogP contribution is 2.21. The predicted molar refractivity (Wildman–Crippen MR) is 92.4 cm³/mol. The van der Waals surface area contributed by atoms with Crippen LogP contribution in [0.4, 0.5) is 0 Å². The topological polar surface area (TPSA) is 66.9 Å². The maximum Gasteiger partial charge on any atom is 0.243 e. The van der Waals surface area contributed by atoms with Gasteiger partial charge in [0.05, 0.1) is 12.0 Å². The van der Waals surface area contributed by atoms with E-state index >= 15 is 0 Å². The number of amides is 1. The maximum atomic E-state index is 12.8. The number of methoxy groups -OCH3 is 1. The second kappa shape index (κ2) is 7.98. The molecule has 0 unspecified atom stereocenters. The van der Waals surface area contributed by atoms with Gasteiger partial charge in [-0.25, -0.2) is 8.42 Å². The summed E-state index contributed by atoms with van der Waals surface area (Å²) in [6.07, 6.45) is 1.16. The lowest BCUT2D eigenvalue weighted by molar-refractivity contribution is -0.131. The van der Waals surface area contributed by atoms with Gasteiger partial charge >= 0.3 is 0 Å². The Kier molecular flexibility index (Phi) is 6.23. The summed E-state index contributed by atoms with van der Waals surface area (Å²) in [6, 6.07) is 6.40. The van der Waals surface area contributed by atoms with Gasteiger partial charge in [0, 0.05) is 32.6 Å². The molecular weight excluding hydrogens is 328 g/mol. The third-order valence-corrected chi connectivity index (χ3v) is 6.00. The number of hydrogen-bond acceptors (Lipinski definition) is 4. The molecule has 0 radical (unpaired) electrons. The van der Waals surface area contributed by atoms with Gasteiger partial charge in [0.1, 0.15) is 5.75 Å². The van der Waals surface area contributed by atoms with E-state index in [1.54, 1.807) is 36.3 Å². The molecule has 1 saturated heterocycles. The number of ether oxygens (including phenoxy) is 1. The van der Waals surface area contributed by atoms with Crippen LogP contribution in [-0.4, -0.2) is 56.8 Å². The first-order chi connectivity index (χ1) is 11.3. The first-order valence-electron chi connectivity index (χ1n) is 8.26. The number of hydrogen-bond donors (Lipinski definition) is 0. The lowest BCUT2D eigenvalue weighted by Gasteiger charge is -2.22. The molecule has 6 nitrogen and oxygen atoms in total. The van der Waals surface area contributed by atoms with Gasteiger partial charge in [0.15, 0.2) is 0 Å². The van der Waals surface area contributed by atoms with E-state index in [2.05, 4.69) is 0 Å². The van der Waals surface area contributed by atoms with Crippen LogP contribution in [0.1, 0.15) is 26.7 Å². The van der Waals surface area contributed by atoms with Gasteiger partial charge in [-0.2, -0.15) is 4.31 Å². The summed E-state index contributed by atoms with van der Waals surface area (Å²) in [7, 11) is -2.00. The van der Waals surface area contributed by atoms with Gasteiger partial charge in [0.25, 0.3) is 0 Å². The monoisotopic (exact) mass is 354 g/mol. The van der Waals surface area contributed by atoms with Crippen molar-refractivity contribution in [3.05, 3.63) is 24.3 Å². The van der Waals surface area contributed by atoms with Crippen LogP contribution in [0.15, 0.2) is 29.2 Å². The van der Waals surface area contributed by atoms with Crippen LogP contribution < -0.4 is 4.74 Å². The van der Waals surface area contributed by atoms with Crippen LogP contribution in [0.25, 0.3) is 0 Å². The van der Waals surface area contributed by atoms with Crippen molar-refractivity contribution in [2.75, 3.05) is 33.3 Å². The molecule has 2 rings (SSSR count). The zero-order valence-corrected chi connectivity index (χ0v) is 15.4. The number of carbonyl (C=O) groups excluding carboxylic acids is 1. The highest BCUT2D eigenvalue weighted by molar-refractivity contribution is 7.89. The molecule has 1 aromatic rings. The molecular formula is C17H26N2O4S. The van der Waals surface area contributed by atoms with Crippen molar-refractivity contribution in [2.45, 2.75) is 31.6 Å². The van der Waals surface area contributed by atoms with Crippen molar-refractivity contribution >= 4 is 15.9 Å². The van der Waals surface area contributed by atoms with E-state index in [4.69, 9.17) is 4.74 Å². The van der Waals surface area contributed by atoms with E-state index in [9.17, 15) is 13.2 Å². The zero-order chi connectivity index (χ0) is 17.7. The number of rotatable bonds is 5. The summed E-state index contributed by atoms with van der Waals surface area (Å²) >= 11 is 0. The summed E-state index contributed by atoms with van der Waals surface area (Å²) in [6.45, 7) is 5.84. The summed E-state index contributed by atoms with van der Waals surface area (Å²) in [5.41, 5.74) is 0. The fraction of sp³-hybridized carbons (Fsp3) is 0.588. The number of benzene rings is 1. The van der Waals surface area contributed by atoms with Gasteiger partial charge < -0.3 is 9.64 Å². The van der Waals surface area contributed by atoms with Gasteiger partial charge in [-0.3, -0.25) is 4.79 Å². The molecule has 1 aliphatic rings. The summed E-state index contributed by atoms with van der Waals surface area (Å²) < 4.78 is 32.1. The molecule has 0 atom stereocenters. The van der Waals surface area contributed by atoms with E-state index in [-0.39, 0.29) is 10.8 Å². The molecule has 0 N–H and O–H groups in total. The molecule has 0 spiro atoms. The number of carbonyl (C=O) groups is 1. The maximum absolute atomic E-state index is 12.8. The Morgan fingerprint density at radius 3 is 2.38 bits per heavy atom. The van der Waals surface area contributed by atoms with Gasteiger partial charge in [-0.15, -0.1) is 0 Å². The van der Waals surface area contributed by atoms with Gasteiger partial charge in [-0.05, 0) is 36.6 Å². The first-order valence-corrected chi connectivity index (χ1v) is 9.70. The van der Waals surface area contributed by atoms with Crippen LogP contribution in [0.3, 0.4) is 0 Å². The molecule has 134 valence electrons. The largest absolute Gasteiger partial charge is 0.497 e. The first kappa shape index (κ1) is 18.7. The lowest BCUT2D eigenvalue weighted by atomic mass is 10.1. The highest BCUT2D eigenvalue weighted by Gasteiger charge is 2.28. The minimum absolute atomic E-state index is 0.105. The van der Waals surface area contributed by atoms with Crippen molar-refractivity contribution < 1.29 is 17.9 Å². The lowest BCUT2D eigenvalue weighted by Crippen LogP contribution is -2.37. The third-order valence-electron chi connectivity index (χ3n) is 4.09. The molecule has 1 fully saturated rings. The number of sulfonamides is 1. The van der Waals surface area contributed by atoms with Crippen LogP contribution in [-0.2, 0) is 14.8 Å². The van der Waals surface area contributed by atoms with Gasteiger partial charge in [0.2, 0.25) is 15.9 Å². The van der Waals surface area contributed by atoms with E-state index in [1.807, 2.05) is 13.8 Å². The molecule has 0 bridgehead atoms. The Labute approximate surface area is 144 Å². The van der Waals surface area contributed by atoms with E-state index < -0.39 is 10.0 Å². The van der Waals surface area contributed by atoms with Gasteiger partial charge in [-0.1, -0.05) is 13.8 Å². The average molecular weight is 354 g/mol. The quantitative estimate of drug-likeness (QED) is 0.811.